The normalized spacial score (nSPS) is 11.9. The number of hydrogen-bond donors (Lipinski definition) is 1. The number of nitriles is 2. The predicted octanol–water partition coefficient (Wildman–Crippen LogP) is 3.69. The van der Waals surface area contributed by atoms with E-state index in [0.717, 1.165) is 0 Å². The maximum absolute atomic E-state index is 12.9. The van der Waals surface area contributed by atoms with E-state index >= 15 is 0 Å². The number of anilines is 2. The summed E-state index contributed by atoms with van der Waals surface area (Å²) in [5.41, 5.74) is -6.00. The monoisotopic (exact) mass is 454 g/mol. The number of nitrogens with zero attached hydrogens (tertiary/aromatic N) is 7. The molecule has 2 rings (SSSR count). The molecule has 0 fully saturated rings. The molecule has 1 N–H and O–H groups in total. The summed E-state index contributed by atoms with van der Waals surface area (Å²) >= 11 is 0. The van der Waals surface area contributed by atoms with Crippen LogP contribution >= 0.6 is 0 Å². The van der Waals surface area contributed by atoms with E-state index < -0.39 is 21.2 Å². The van der Waals surface area contributed by atoms with Gasteiger partial charge in [0.2, 0.25) is 0 Å². The summed E-state index contributed by atoms with van der Waals surface area (Å²) in [6.45, 7) is 4.72. The van der Waals surface area contributed by atoms with Gasteiger partial charge in [0, 0.05) is 25.8 Å². The van der Waals surface area contributed by atoms with Crippen LogP contribution in [0, 0.1) is 22.7 Å². The van der Waals surface area contributed by atoms with Crippen LogP contribution < -0.4 is 9.62 Å². The topological polar surface area (TPSA) is 140 Å². The first-order valence-corrected chi connectivity index (χ1v) is 10.2. The van der Waals surface area contributed by atoms with E-state index in [1.54, 1.807) is 23.1 Å². The number of alkyl halides is 3. The SMILES string of the molecule is CCN(CC)c1ccc(N=Nc2nc(C#N)c(C#N)n2C)c(NS(=O)(=O)C(F)(F)F)c1. The smallest absolute Gasteiger partial charge is 0.372 e. The van der Waals surface area contributed by atoms with Gasteiger partial charge in [0.15, 0.2) is 11.4 Å². The molecular formula is C17H17F3N8O2S. The van der Waals surface area contributed by atoms with Crippen molar-refractivity contribution < 1.29 is 21.6 Å². The van der Waals surface area contributed by atoms with Crippen molar-refractivity contribution in [2.24, 2.45) is 17.3 Å². The lowest BCUT2D eigenvalue weighted by molar-refractivity contribution is -0.0429. The van der Waals surface area contributed by atoms with Crippen molar-refractivity contribution in [2.75, 3.05) is 22.7 Å². The van der Waals surface area contributed by atoms with Gasteiger partial charge in [-0.3, -0.25) is 4.72 Å². The standard InChI is InChI=1S/C17H17F3N8O2S/c1-4-28(5-2)11-6-7-12(13(8-11)26-31(29,30)17(18,19)20)24-25-16-23-14(9-21)15(10-22)27(16)3/h6-8,26H,4-5H2,1-3H3. The fourth-order valence-electron chi connectivity index (χ4n) is 2.56. The van der Waals surface area contributed by atoms with Crippen LogP contribution in [0.2, 0.25) is 0 Å². The van der Waals surface area contributed by atoms with Crippen LogP contribution in [0.1, 0.15) is 25.2 Å². The van der Waals surface area contributed by atoms with Crippen LogP contribution in [0.25, 0.3) is 0 Å². The first kappa shape index (κ1) is 23.6. The van der Waals surface area contributed by atoms with E-state index in [0.29, 0.717) is 18.8 Å². The van der Waals surface area contributed by atoms with Crippen molar-refractivity contribution in [3.05, 3.63) is 29.6 Å². The van der Waals surface area contributed by atoms with E-state index in [2.05, 4.69) is 15.2 Å². The quantitative estimate of drug-likeness (QED) is 0.633. The maximum Gasteiger partial charge on any atom is 0.516 e. The first-order valence-electron chi connectivity index (χ1n) is 8.75. The van der Waals surface area contributed by atoms with E-state index in [1.165, 1.54) is 28.5 Å². The first-order chi connectivity index (χ1) is 14.5. The number of hydrogen-bond acceptors (Lipinski definition) is 8. The number of azo groups is 1. The van der Waals surface area contributed by atoms with Gasteiger partial charge in [-0.05, 0) is 32.0 Å². The molecule has 0 atom stereocenters. The molecule has 0 saturated heterocycles. The minimum absolute atomic E-state index is 0.0775. The van der Waals surface area contributed by atoms with Crippen LogP contribution in [0.3, 0.4) is 0 Å². The average molecular weight is 454 g/mol. The molecule has 31 heavy (non-hydrogen) atoms. The highest BCUT2D eigenvalue weighted by molar-refractivity contribution is 7.93. The van der Waals surface area contributed by atoms with Crippen LogP contribution in [0.4, 0.5) is 36.2 Å². The van der Waals surface area contributed by atoms with Gasteiger partial charge in [-0.2, -0.15) is 37.1 Å². The second-order valence-electron chi connectivity index (χ2n) is 6.02. The Hall–Kier alpha value is -3.65. The van der Waals surface area contributed by atoms with Gasteiger partial charge in [-0.1, -0.05) is 0 Å². The lowest BCUT2D eigenvalue weighted by Gasteiger charge is -2.22. The van der Waals surface area contributed by atoms with Crippen molar-refractivity contribution in [2.45, 2.75) is 19.4 Å². The third-order valence-corrected chi connectivity index (χ3v) is 5.29. The molecule has 10 nitrogen and oxygen atoms in total. The molecule has 1 aromatic heterocycles. The minimum Gasteiger partial charge on any atom is -0.372 e. The molecule has 0 radical (unpaired) electrons. The number of rotatable bonds is 7. The largest absolute Gasteiger partial charge is 0.516 e. The highest BCUT2D eigenvalue weighted by atomic mass is 32.2. The lowest BCUT2D eigenvalue weighted by atomic mass is 10.2. The summed E-state index contributed by atoms with van der Waals surface area (Å²) in [7, 11) is -4.31. The molecule has 14 heteroatoms. The number of sulfonamides is 1. The predicted molar refractivity (Wildman–Crippen MR) is 105 cm³/mol. The summed E-state index contributed by atoms with van der Waals surface area (Å²) in [6.07, 6.45) is 0. The van der Waals surface area contributed by atoms with E-state index in [-0.39, 0.29) is 23.0 Å². The Morgan fingerprint density at radius 1 is 1.19 bits per heavy atom. The Bertz CT molecular complexity index is 1190. The Labute approximate surface area is 176 Å². The molecule has 0 bridgehead atoms. The Kier molecular flexibility index (Phi) is 6.87. The summed E-state index contributed by atoms with van der Waals surface area (Å²) in [6, 6.07) is 7.56. The fourth-order valence-corrected chi connectivity index (χ4v) is 3.13. The fraction of sp³-hybridized carbons (Fsp3) is 0.353. The Morgan fingerprint density at radius 3 is 2.32 bits per heavy atom. The van der Waals surface area contributed by atoms with Crippen molar-refractivity contribution in [1.29, 1.82) is 10.5 Å². The van der Waals surface area contributed by atoms with Crippen LogP contribution in [0.15, 0.2) is 28.4 Å². The highest BCUT2D eigenvalue weighted by Gasteiger charge is 2.46. The molecule has 0 aliphatic heterocycles. The van der Waals surface area contributed by atoms with Crippen molar-refractivity contribution in [3.8, 4) is 12.1 Å². The van der Waals surface area contributed by atoms with Crippen molar-refractivity contribution >= 4 is 33.0 Å². The van der Waals surface area contributed by atoms with Gasteiger partial charge in [0.1, 0.15) is 17.8 Å². The number of benzene rings is 1. The van der Waals surface area contributed by atoms with E-state index in [9.17, 15) is 21.6 Å². The maximum atomic E-state index is 12.9. The number of aromatic nitrogens is 2. The Balaban J connectivity index is 2.57. The van der Waals surface area contributed by atoms with Crippen molar-refractivity contribution in [3.63, 3.8) is 0 Å². The molecule has 0 saturated carbocycles. The third-order valence-electron chi connectivity index (χ3n) is 4.19. The molecule has 1 aromatic carbocycles. The summed E-state index contributed by atoms with van der Waals surface area (Å²) < 4.78 is 64.6. The van der Waals surface area contributed by atoms with E-state index in [4.69, 9.17) is 10.5 Å². The van der Waals surface area contributed by atoms with E-state index in [1.807, 2.05) is 13.8 Å². The molecule has 0 spiro atoms. The van der Waals surface area contributed by atoms with Gasteiger partial charge in [-0.25, -0.2) is 0 Å². The second kappa shape index (κ2) is 9.01. The molecular weight excluding hydrogens is 437 g/mol. The Morgan fingerprint density at radius 2 is 1.84 bits per heavy atom. The zero-order chi connectivity index (χ0) is 23.4. The van der Waals surface area contributed by atoms with Crippen LogP contribution in [0.5, 0.6) is 0 Å². The van der Waals surface area contributed by atoms with Gasteiger partial charge >= 0.3 is 15.5 Å². The van der Waals surface area contributed by atoms with Gasteiger partial charge in [-0.15, -0.1) is 10.2 Å². The molecule has 0 unspecified atom stereocenters. The number of halogens is 3. The molecule has 0 aliphatic carbocycles. The minimum atomic E-state index is -5.71. The molecule has 2 aromatic rings. The number of nitrogens with one attached hydrogen (secondary N) is 1. The van der Waals surface area contributed by atoms with Gasteiger partial charge in [0.05, 0.1) is 5.69 Å². The summed E-state index contributed by atoms with van der Waals surface area (Å²) in [5, 5.41) is 25.7. The number of imidazole rings is 1. The molecule has 0 amide bonds. The second-order valence-corrected chi connectivity index (χ2v) is 7.69. The molecule has 0 aliphatic rings. The van der Waals surface area contributed by atoms with Gasteiger partial charge in [0.25, 0.3) is 5.95 Å². The highest BCUT2D eigenvalue weighted by Crippen LogP contribution is 2.35. The van der Waals surface area contributed by atoms with Crippen LogP contribution in [-0.4, -0.2) is 36.6 Å². The van der Waals surface area contributed by atoms with Gasteiger partial charge < -0.3 is 9.47 Å². The molecule has 1 heterocycles. The average Bonchev–Trinajstić information content (AvgIpc) is 3.01. The van der Waals surface area contributed by atoms with Crippen LogP contribution in [-0.2, 0) is 17.1 Å². The molecule has 164 valence electrons. The lowest BCUT2D eigenvalue weighted by Crippen LogP contribution is -2.30. The van der Waals surface area contributed by atoms with Crippen molar-refractivity contribution in [1.82, 2.24) is 9.55 Å². The third kappa shape index (κ3) is 4.92. The zero-order valence-electron chi connectivity index (χ0n) is 16.6. The summed E-state index contributed by atoms with van der Waals surface area (Å²) in [5.74, 6) is -0.162. The summed E-state index contributed by atoms with van der Waals surface area (Å²) in [4.78, 5) is 5.62. The zero-order valence-corrected chi connectivity index (χ0v) is 17.5.